The molecule has 0 bridgehead atoms. The zero-order valence-corrected chi connectivity index (χ0v) is 14.6. The summed E-state index contributed by atoms with van der Waals surface area (Å²) in [5, 5.41) is 10.6. The highest BCUT2D eigenvalue weighted by Crippen LogP contribution is 2.49. The van der Waals surface area contributed by atoms with Gasteiger partial charge in [-0.3, -0.25) is 0 Å². The average Bonchev–Trinajstić information content (AvgIpc) is 2.46. The van der Waals surface area contributed by atoms with E-state index in [1.165, 1.54) is 18.4 Å². The molecule has 2 heteroatoms. The Labute approximate surface area is 139 Å². The van der Waals surface area contributed by atoms with Crippen molar-refractivity contribution < 1.29 is 9.84 Å². The third-order valence-corrected chi connectivity index (χ3v) is 4.67. The van der Waals surface area contributed by atoms with Crippen LogP contribution in [0.1, 0.15) is 56.7 Å². The van der Waals surface area contributed by atoms with Gasteiger partial charge in [-0.15, -0.1) is 0 Å². The van der Waals surface area contributed by atoms with Gasteiger partial charge in [-0.25, -0.2) is 0 Å². The molecule has 0 aliphatic carbocycles. The molecular formula is C21H26O2. The second kappa shape index (κ2) is 5.92. The van der Waals surface area contributed by atoms with Gasteiger partial charge in [0.05, 0.1) is 5.56 Å². The number of rotatable bonds is 4. The van der Waals surface area contributed by atoms with E-state index in [1.54, 1.807) is 0 Å². The molecule has 0 fully saturated rings. The predicted octanol–water partition coefficient (Wildman–Crippen LogP) is 5.73. The summed E-state index contributed by atoms with van der Waals surface area (Å²) in [7, 11) is 0. The first-order valence-corrected chi connectivity index (χ1v) is 8.59. The summed E-state index contributed by atoms with van der Waals surface area (Å²) in [5.74, 6) is 1.14. The van der Waals surface area contributed by atoms with Crippen LogP contribution in [-0.4, -0.2) is 5.11 Å². The normalized spacial score (nSPS) is 14.8. The molecule has 0 saturated carbocycles. The zero-order valence-electron chi connectivity index (χ0n) is 14.6. The Balaban J connectivity index is 2.09. The second-order valence-corrected chi connectivity index (χ2v) is 7.11. The molecule has 2 aromatic rings. The number of phenols is 1. The van der Waals surface area contributed by atoms with Crippen molar-refractivity contribution in [1.29, 1.82) is 0 Å². The van der Waals surface area contributed by atoms with Crippen LogP contribution in [0.3, 0.4) is 0 Å². The lowest BCUT2D eigenvalue weighted by molar-refractivity contribution is 0.105. The minimum absolute atomic E-state index is 0.330. The summed E-state index contributed by atoms with van der Waals surface area (Å²) >= 11 is 0. The van der Waals surface area contributed by atoms with Crippen LogP contribution in [0.5, 0.6) is 11.5 Å². The molecule has 0 aromatic heterocycles. The maximum Gasteiger partial charge on any atom is 0.132 e. The summed E-state index contributed by atoms with van der Waals surface area (Å²) < 4.78 is 6.25. The van der Waals surface area contributed by atoms with Crippen molar-refractivity contribution in [3.05, 3.63) is 47.0 Å². The van der Waals surface area contributed by atoms with E-state index in [0.717, 1.165) is 40.8 Å². The number of aryl methyl sites for hydroxylation is 2. The Morgan fingerprint density at radius 1 is 1.09 bits per heavy atom. The predicted molar refractivity (Wildman–Crippen MR) is 95.2 cm³/mol. The van der Waals surface area contributed by atoms with E-state index in [0.29, 0.717) is 5.75 Å². The molecule has 0 atom stereocenters. The standard InChI is InChI=1S/C21H26O2/c1-5-6-7-8-15-12-18(22)20-16-11-14(2)9-10-17(16)21(3,4)23-19(20)13-15/h9-13,22H,5-8H2,1-4H3/i3+1,4+1. The Bertz CT molecular complexity index is 729. The Morgan fingerprint density at radius 3 is 2.61 bits per heavy atom. The van der Waals surface area contributed by atoms with Gasteiger partial charge in [-0.1, -0.05) is 43.5 Å². The molecule has 2 nitrogen and oxygen atoms in total. The van der Waals surface area contributed by atoms with Crippen LogP contribution in [0.25, 0.3) is 11.1 Å². The summed E-state index contributed by atoms with van der Waals surface area (Å²) in [6.07, 6.45) is 4.55. The number of unbranched alkanes of at least 4 members (excludes halogenated alkanes) is 2. The Kier molecular flexibility index (Phi) is 4.09. The first-order valence-electron chi connectivity index (χ1n) is 8.59. The minimum Gasteiger partial charge on any atom is -0.507 e. The molecule has 0 radical (unpaired) electrons. The highest BCUT2D eigenvalue weighted by Gasteiger charge is 2.34. The van der Waals surface area contributed by atoms with Gasteiger partial charge in [0.15, 0.2) is 0 Å². The summed E-state index contributed by atoms with van der Waals surface area (Å²) in [6, 6.07) is 10.4. The number of aromatic hydroxyl groups is 1. The number of phenolic OH excluding ortho intramolecular Hbond substituents is 1. The second-order valence-electron chi connectivity index (χ2n) is 7.11. The molecule has 1 aliphatic rings. The Morgan fingerprint density at radius 2 is 1.87 bits per heavy atom. The van der Waals surface area contributed by atoms with Crippen molar-refractivity contribution >= 4 is 0 Å². The summed E-state index contributed by atoms with van der Waals surface area (Å²) in [6.45, 7) is 8.46. The first-order chi connectivity index (χ1) is 10.9. The molecule has 23 heavy (non-hydrogen) atoms. The van der Waals surface area contributed by atoms with Gasteiger partial charge in [-0.05, 0) is 56.9 Å². The average molecular weight is 312 g/mol. The molecular weight excluding hydrogens is 286 g/mol. The van der Waals surface area contributed by atoms with Crippen molar-refractivity contribution in [1.82, 2.24) is 0 Å². The van der Waals surface area contributed by atoms with E-state index in [1.807, 2.05) is 6.07 Å². The van der Waals surface area contributed by atoms with E-state index in [2.05, 4.69) is 52.0 Å². The lowest BCUT2D eigenvalue weighted by Gasteiger charge is -2.35. The van der Waals surface area contributed by atoms with Crippen molar-refractivity contribution in [3.8, 4) is 22.6 Å². The van der Waals surface area contributed by atoms with Crippen LogP contribution < -0.4 is 4.74 Å². The number of ether oxygens (including phenoxy) is 1. The molecule has 3 rings (SSSR count). The minimum atomic E-state index is -0.384. The number of hydrogen-bond donors (Lipinski definition) is 1. The van der Waals surface area contributed by atoms with E-state index in [-0.39, 0.29) is 5.60 Å². The maximum absolute atomic E-state index is 10.6. The molecule has 0 saturated heterocycles. The molecule has 0 spiro atoms. The third-order valence-electron chi connectivity index (χ3n) is 4.67. The fourth-order valence-corrected chi connectivity index (χ4v) is 3.45. The molecule has 1 aliphatic heterocycles. The lowest BCUT2D eigenvalue weighted by atomic mass is 9.88. The Hall–Kier alpha value is -1.96. The van der Waals surface area contributed by atoms with E-state index in [9.17, 15) is 5.11 Å². The molecule has 1 N–H and O–H groups in total. The summed E-state index contributed by atoms with van der Waals surface area (Å²) in [5.41, 5.74) is 5.02. The van der Waals surface area contributed by atoms with E-state index < -0.39 is 0 Å². The smallest absolute Gasteiger partial charge is 0.132 e. The highest BCUT2D eigenvalue weighted by atomic mass is 16.5. The van der Waals surface area contributed by atoms with Crippen molar-refractivity contribution in [2.24, 2.45) is 0 Å². The monoisotopic (exact) mass is 312 g/mol. The first kappa shape index (κ1) is 15.9. The highest BCUT2D eigenvalue weighted by molar-refractivity contribution is 5.82. The molecule has 0 amide bonds. The van der Waals surface area contributed by atoms with Gasteiger partial charge >= 0.3 is 0 Å². The summed E-state index contributed by atoms with van der Waals surface area (Å²) in [4.78, 5) is 0. The van der Waals surface area contributed by atoms with Gasteiger partial charge in [-0.2, -0.15) is 0 Å². The van der Waals surface area contributed by atoms with Crippen LogP contribution >= 0.6 is 0 Å². The fraction of sp³-hybridized carbons (Fsp3) is 0.429. The van der Waals surface area contributed by atoms with Crippen molar-refractivity contribution in [2.45, 2.75) is 59.0 Å². The van der Waals surface area contributed by atoms with Gasteiger partial charge < -0.3 is 9.84 Å². The van der Waals surface area contributed by atoms with Crippen molar-refractivity contribution in [2.75, 3.05) is 0 Å². The molecule has 122 valence electrons. The molecule has 0 unspecified atom stereocenters. The zero-order chi connectivity index (χ0) is 16.6. The number of hydrogen-bond acceptors (Lipinski definition) is 2. The third kappa shape index (κ3) is 2.95. The van der Waals surface area contributed by atoms with Gasteiger partial charge in [0, 0.05) is 5.56 Å². The van der Waals surface area contributed by atoms with Crippen LogP contribution in [0.15, 0.2) is 30.3 Å². The number of benzene rings is 2. The quantitative estimate of drug-likeness (QED) is 0.577. The number of fused-ring (bicyclic) bond motifs is 3. The molecule has 1 heterocycles. The lowest BCUT2D eigenvalue weighted by Crippen LogP contribution is -2.29. The van der Waals surface area contributed by atoms with E-state index >= 15 is 0 Å². The van der Waals surface area contributed by atoms with Crippen LogP contribution in [-0.2, 0) is 12.0 Å². The molecule has 2 aromatic carbocycles. The SMILES string of the molecule is CCCCCc1cc(O)c2c(c1)OC([13CH3])([13CH3])c1ccc(C)cc1-2. The topological polar surface area (TPSA) is 29.5 Å². The largest absolute Gasteiger partial charge is 0.507 e. The van der Waals surface area contributed by atoms with Crippen LogP contribution in [0.2, 0.25) is 0 Å². The van der Waals surface area contributed by atoms with E-state index in [4.69, 9.17) is 4.74 Å². The van der Waals surface area contributed by atoms with Gasteiger partial charge in [0.25, 0.3) is 0 Å². The van der Waals surface area contributed by atoms with Gasteiger partial charge in [0.2, 0.25) is 0 Å². The van der Waals surface area contributed by atoms with Crippen molar-refractivity contribution in [3.63, 3.8) is 0 Å². The van der Waals surface area contributed by atoms with Gasteiger partial charge in [0.1, 0.15) is 17.1 Å². The maximum atomic E-state index is 10.6. The van der Waals surface area contributed by atoms with Crippen LogP contribution in [0, 0.1) is 6.92 Å². The fourth-order valence-electron chi connectivity index (χ4n) is 3.45. The van der Waals surface area contributed by atoms with Crippen LogP contribution in [0.4, 0.5) is 0 Å².